The molecule has 0 unspecified atom stereocenters. The van der Waals surface area contributed by atoms with E-state index in [-0.39, 0.29) is 5.97 Å². The van der Waals surface area contributed by atoms with E-state index in [1.165, 1.54) is 16.9 Å². The van der Waals surface area contributed by atoms with Gasteiger partial charge in [0.25, 0.3) is 0 Å². The summed E-state index contributed by atoms with van der Waals surface area (Å²) in [4.78, 5) is 14.5. The molecule has 4 nitrogen and oxygen atoms in total. The van der Waals surface area contributed by atoms with Gasteiger partial charge < -0.3 is 15.4 Å². The van der Waals surface area contributed by atoms with Crippen molar-refractivity contribution in [1.82, 2.24) is 5.32 Å². The van der Waals surface area contributed by atoms with Gasteiger partial charge in [0.15, 0.2) is 5.11 Å². The largest absolute Gasteiger partial charge is 0.465 e. The second kappa shape index (κ2) is 6.76. The van der Waals surface area contributed by atoms with Crippen molar-refractivity contribution in [3.8, 4) is 0 Å². The summed E-state index contributed by atoms with van der Waals surface area (Å²) >= 11 is 8.62. The van der Waals surface area contributed by atoms with Gasteiger partial charge >= 0.3 is 5.97 Å². The van der Waals surface area contributed by atoms with Crippen molar-refractivity contribution in [2.45, 2.75) is 25.8 Å². The van der Waals surface area contributed by atoms with Crippen molar-refractivity contribution in [1.29, 1.82) is 0 Å². The Kier molecular flexibility index (Phi) is 4.75. The zero-order valence-corrected chi connectivity index (χ0v) is 14.6. The molecule has 2 N–H and O–H groups in total. The molecule has 2 aromatic rings. The molecule has 1 aliphatic carbocycles. The van der Waals surface area contributed by atoms with Gasteiger partial charge in [-0.2, -0.15) is 0 Å². The number of methoxy groups -OCH3 is 1. The second-order valence-corrected chi connectivity index (χ2v) is 7.49. The molecule has 0 aliphatic heterocycles. The third kappa shape index (κ3) is 3.16. The Morgan fingerprint density at radius 1 is 1.45 bits per heavy atom. The molecule has 116 valence electrons. The molecule has 0 aromatic carbocycles. The Labute approximate surface area is 142 Å². The van der Waals surface area contributed by atoms with Crippen LogP contribution in [0.1, 0.15) is 32.1 Å². The van der Waals surface area contributed by atoms with Crippen molar-refractivity contribution in [3.05, 3.63) is 38.4 Å². The third-order valence-corrected chi connectivity index (χ3v) is 5.87. The lowest BCUT2D eigenvalue weighted by Crippen LogP contribution is -2.28. The number of esters is 1. The number of carbonyl (C=O) groups is 1. The molecule has 0 fully saturated rings. The fourth-order valence-corrected chi connectivity index (χ4v) is 4.70. The number of ether oxygens (including phenoxy) is 1. The number of hydrogen-bond acceptors (Lipinski definition) is 5. The highest BCUT2D eigenvalue weighted by Gasteiger charge is 2.27. The summed E-state index contributed by atoms with van der Waals surface area (Å²) < 4.78 is 4.93. The standard InChI is InChI=1S/C15H16N2O2S3/c1-19-14(18)12-10-5-2-6-11(10)22-13(12)17-15(20)16-8-9-4-3-7-21-9/h3-4,7H,2,5-6,8H2,1H3,(H2,16,17,20). The summed E-state index contributed by atoms with van der Waals surface area (Å²) in [5.41, 5.74) is 1.78. The van der Waals surface area contributed by atoms with Crippen LogP contribution in [0.2, 0.25) is 0 Å². The van der Waals surface area contributed by atoms with E-state index in [0.29, 0.717) is 17.2 Å². The molecule has 0 radical (unpaired) electrons. The van der Waals surface area contributed by atoms with Gasteiger partial charge in [-0.25, -0.2) is 4.79 Å². The number of rotatable bonds is 4. The van der Waals surface area contributed by atoms with Crippen LogP contribution in [0.4, 0.5) is 5.00 Å². The molecule has 1 aliphatic rings. The molecule has 0 saturated carbocycles. The monoisotopic (exact) mass is 352 g/mol. The normalized spacial score (nSPS) is 12.8. The summed E-state index contributed by atoms with van der Waals surface area (Å²) in [7, 11) is 1.42. The van der Waals surface area contributed by atoms with E-state index in [1.807, 2.05) is 11.4 Å². The van der Waals surface area contributed by atoms with Gasteiger partial charge in [0.1, 0.15) is 5.00 Å². The molecule has 2 heterocycles. The predicted octanol–water partition coefficient (Wildman–Crippen LogP) is 3.57. The van der Waals surface area contributed by atoms with E-state index in [4.69, 9.17) is 17.0 Å². The van der Waals surface area contributed by atoms with E-state index in [1.54, 1.807) is 22.7 Å². The first kappa shape index (κ1) is 15.5. The van der Waals surface area contributed by atoms with Gasteiger partial charge in [0.05, 0.1) is 19.2 Å². The topological polar surface area (TPSA) is 50.4 Å². The van der Waals surface area contributed by atoms with E-state index < -0.39 is 0 Å². The SMILES string of the molecule is COC(=O)c1c(NC(=S)NCc2cccs2)sc2c1CCC2. The molecule has 0 amide bonds. The number of hydrogen-bond donors (Lipinski definition) is 2. The molecule has 0 atom stereocenters. The van der Waals surface area contributed by atoms with Gasteiger partial charge in [-0.3, -0.25) is 0 Å². The minimum atomic E-state index is -0.289. The van der Waals surface area contributed by atoms with Crippen LogP contribution in [0.5, 0.6) is 0 Å². The fourth-order valence-electron chi connectivity index (χ4n) is 2.54. The average molecular weight is 353 g/mol. The Hall–Kier alpha value is -1.44. The Balaban J connectivity index is 1.72. The summed E-state index contributed by atoms with van der Waals surface area (Å²) in [5.74, 6) is -0.289. The highest BCUT2D eigenvalue weighted by molar-refractivity contribution is 7.80. The average Bonchev–Trinajstić information content (AvgIpc) is 3.21. The van der Waals surface area contributed by atoms with Gasteiger partial charge in [0.2, 0.25) is 0 Å². The molecule has 0 saturated heterocycles. The van der Waals surface area contributed by atoms with Crippen molar-refractivity contribution < 1.29 is 9.53 Å². The third-order valence-electron chi connectivity index (χ3n) is 3.54. The van der Waals surface area contributed by atoms with Crippen LogP contribution >= 0.6 is 34.9 Å². The van der Waals surface area contributed by atoms with Crippen LogP contribution in [0, 0.1) is 0 Å². The van der Waals surface area contributed by atoms with Crippen LogP contribution < -0.4 is 10.6 Å². The van der Waals surface area contributed by atoms with E-state index in [0.717, 1.165) is 29.8 Å². The number of aryl methyl sites for hydroxylation is 1. The molecule has 2 aromatic heterocycles. The maximum Gasteiger partial charge on any atom is 0.341 e. The van der Waals surface area contributed by atoms with Crippen molar-refractivity contribution >= 4 is 51.0 Å². The van der Waals surface area contributed by atoms with Crippen LogP contribution in [-0.2, 0) is 24.1 Å². The Morgan fingerprint density at radius 3 is 3.05 bits per heavy atom. The summed E-state index contributed by atoms with van der Waals surface area (Å²) in [6, 6.07) is 4.07. The summed E-state index contributed by atoms with van der Waals surface area (Å²) in [6.45, 7) is 0.683. The minimum Gasteiger partial charge on any atom is -0.465 e. The molecular formula is C15H16N2O2S3. The van der Waals surface area contributed by atoms with Gasteiger partial charge in [-0.05, 0) is 48.5 Å². The number of anilines is 1. The zero-order chi connectivity index (χ0) is 15.5. The summed E-state index contributed by atoms with van der Waals surface area (Å²) in [5, 5.41) is 9.68. The fraction of sp³-hybridized carbons (Fsp3) is 0.333. The maximum atomic E-state index is 12.1. The number of thiophene rings is 2. The van der Waals surface area contributed by atoms with Crippen molar-refractivity contribution in [2.24, 2.45) is 0 Å². The number of nitrogens with one attached hydrogen (secondary N) is 2. The van der Waals surface area contributed by atoms with Crippen LogP contribution in [0.15, 0.2) is 17.5 Å². The maximum absolute atomic E-state index is 12.1. The smallest absolute Gasteiger partial charge is 0.341 e. The van der Waals surface area contributed by atoms with Gasteiger partial charge in [-0.15, -0.1) is 22.7 Å². The van der Waals surface area contributed by atoms with Crippen molar-refractivity contribution in [2.75, 3.05) is 12.4 Å². The molecular weight excluding hydrogens is 336 g/mol. The molecule has 0 spiro atoms. The van der Waals surface area contributed by atoms with E-state index >= 15 is 0 Å². The Morgan fingerprint density at radius 2 is 2.32 bits per heavy atom. The first-order chi connectivity index (χ1) is 10.7. The molecule has 22 heavy (non-hydrogen) atoms. The van der Waals surface area contributed by atoms with Gasteiger partial charge in [0, 0.05) is 9.75 Å². The van der Waals surface area contributed by atoms with Crippen molar-refractivity contribution in [3.63, 3.8) is 0 Å². The predicted molar refractivity (Wildman–Crippen MR) is 95.1 cm³/mol. The first-order valence-electron chi connectivity index (χ1n) is 6.99. The lowest BCUT2D eigenvalue weighted by atomic mass is 10.1. The second-order valence-electron chi connectivity index (χ2n) is 4.94. The molecule has 3 rings (SSSR count). The van der Waals surface area contributed by atoms with Crippen LogP contribution in [0.25, 0.3) is 0 Å². The summed E-state index contributed by atoms with van der Waals surface area (Å²) in [6.07, 6.45) is 3.07. The zero-order valence-electron chi connectivity index (χ0n) is 12.1. The molecule has 0 bridgehead atoms. The lowest BCUT2D eigenvalue weighted by Gasteiger charge is -2.10. The van der Waals surface area contributed by atoms with Crippen LogP contribution in [-0.4, -0.2) is 18.2 Å². The van der Waals surface area contributed by atoms with Gasteiger partial charge in [-0.1, -0.05) is 6.07 Å². The number of fused-ring (bicyclic) bond motifs is 1. The minimum absolute atomic E-state index is 0.289. The number of carbonyl (C=O) groups excluding carboxylic acids is 1. The highest BCUT2D eigenvalue weighted by Crippen LogP contribution is 2.39. The molecule has 7 heteroatoms. The Bertz CT molecular complexity index is 692. The number of thiocarbonyl (C=S) groups is 1. The highest BCUT2D eigenvalue weighted by atomic mass is 32.1. The van der Waals surface area contributed by atoms with E-state index in [9.17, 15) is 4.79 Å². The quantitative estimate of drug-likeness (QED) is 0.651. The van der Waals surface area contributed by atoms with E-state index in [2.05, 4.69) is 16.7 Å². The van der Waals surface area contributed by atoms with Crippen LogP contribution in [0.3, 0.4) is 0 Å². The lowest BCUT2D eigenvalue weighted by molar-refractivity contribution is 0.0601. The first-order valence-corrected chi connectivity index (χ1v) is 9.09.